The Morgan fingerprint density at radius 2 is 1.97 bits per heavy atom. The number of nitrogens with two attached hydrogens (primary N) is 1. The van der Waals surface area contributed by atoms with Gasteiger partial charge in [-0.15, -0.1) is 0 Å². The molecule has 3 aromatic carbocycles. The molecular formula is C27H25N3O3. The van der Waals surface area contributed by atoms with Crippen LogP contribution in [0.5, 0.6) is 17.2 Å². The number of aliphatic imine (C=N–C) groups is 1. The molecule has 1 aliphatic rings. The number of phenolic OH excluding ortho intramolecular Hbond substituents is 1. The largest absolute Gasteiger partial charge is 0.507 e. The van der Waals surface area contributed by atoms with Crippen molar-refractivity contribution in [2.24, 2.45) is 10.7 Å². The smallest absolute Gasteiger partial charge is 0.205 e. The summed E-state index contributed by atoms with van der Waals surface area (Å²) in [6.45, 7) is 2.78. The maximum Gasteiger partial charge on any atom is 0.205 e. The van der Waals surface area contributed by atoms with Gasteiger partial charge < -0.3 is 20.3 Å². The molecule has 0 amide bonds. The fraction of sp³-hybridized carbons (Fsp3) is 0.185. The van der Waals surface area contributed by atoms with Crippen LogP contribution in [0, 0.1) is 11.3 Å². The normalized spacial score (nSPS) is 15.1. The highest BCUT2D eigenvalue weighted by Crippen LogP contribution is 2.44. The first-order valence-electron chi connectivity index (χ1n) is 10.9. The predicted molar refractivity (Wildman–Crippen MR) is 128 cm³/mol. The second-order valence-electron chi connectivity index (χ2n) is 7.74. The Morgan fingerprint density at radius 1 is 1.15 bits per heavy atom. The lowest BCUT2D eigenvalue weighted by Crippen LogP contribution is -2.21. The standard InChI is InChI=1S/C27H25N3O3/c1-2-3-12-32-21-11-7-10-20(14-21)30-17-19-13-22-25(15-24(19)31)33-27(29)23(16-28)26(22)18-8-5-4-6-9-18/h4-11,13-15,17,26,31H,2-3,12,29H2,1H3/t26-/m0/s1. The van der Waals surface area contributed by atoms with Gasteiger partial charge in [-0.1, -0.05) is 49.7 Å². The zero-order valence-corrected chi connectivity index (χ0v) is 18.4. The summed E-state index contributed by atoms with van der Waals surface area (Å²) in [7, 11) is 0. The Kier molecular flexibility index (Phi) is 6.61. The maximum absolute atomic E-state index is 10.6. The summed E-state index contributed by atoms with van der Waals surface area (Å²) in [6, 6.07) is 22.6. The quantitative estimate of drug-likeness (QED) is 0.372. The minimum atomic E-state index is -0.400. The number of phenols is 1. The number of benzene rings is 3. The topological polar surface area (TPSA) is 101 Å². The van der Waals surface area contributed by atoms with Crippen molar-refractivity contribution in [3.63, 3.8) is 0 Å². The van der Waals surface area contributed by atoms with E-state index in [4.69, 9.17) is 15.2 Å². The molecular weight excluding hydrogens is 414 g/mol. The van der Waals surface area contributed by atoms with Gasteiger partial charge in [0.1, 0.15) is 28.9 Å². The number of unbranched alkanes of at least 4 members (excludes halogenated alkanes) is 1. The second kappa shape index (κ2) is 9.92. The van der Waals surface area contributed by atoms with Gasteiger partial charge in [0.2, 0.25) is 5.88 Å². The first-order chi connectivity index (χ1) is 16.1. The summed E-state index contributed by atoms with van der Waals surface area (Å²) in [4.78, 5) is 4.52. The van der Waals surface area contributed by atoms with Gasteiger partial charge in [0, 0.05) is 29.5 Å². The molecule has 0 saturated heterocycles. The van der Waals surface area contributed by atoms with E-state index in [1.165, 1.54) is 6.07 Å². The van der Waals surface area contributed by atoms with Crippen molar-refractivity contribution >= 4 is 11.9 Å². The third-order valence-electron chi connectivity index (χ3n) is 5.43. The van der Waals surface area contributed by atoms with Crippen molar-refractivity contribution in [3.8, 4) is 23.3 Å². The Hall–Kier alpha value is -4.24. The lowest BCUT2D eigenvalue weighted by atomic mass is 9.83. The molecule has 0 saturated carbocycles. The van der Waals surface area contributed by atoms with Crippen LogP contribution in [0.3, 0.4) is 0 Å². The Bertz CT molecular complexity index is 1240. The summed E-state index contributed by atoms with van der Waals surface area (Å²) >= 11 is 0. The number of rotatable bonds is 7. The van der Waals surface area contributed by atoms with Crippen LogP contribution in [-0.4, -0.2) is 17.9 Å². The van der Waals surface area contributed by atoms with Gasteiger partial charge in [0.15, 0.2) is 0 Å². The first-order valence-corrected chi connectivity index (χ1v) is 10.9. The molecule has 3 aromatic rings. The SMILES string of the molecule is CCCCOc1cccc(N=Cc2cc3c(cc2O)OC(N)=C(C#N)[C@H]3c2ccccc2)c1. The van der Waals surface area contributed by atoms with E-state index in [-0.39, 0.29) is 11.6 Å². The summed E-state index contributed by atoms with van der Waals surface area (Å²) in [6.07, 6.45) is 3.65. The van der Waals surface area contributed by atoms with Crippen LogP contribution in [0.4, 0.5) is 5.69 Å². The average molecular weight is 440 g/mol. The average Bonchev–Trinajstić information content (AvgIpc) is 2.83. The fourth-order valence-electron chi connectivity index (χ4n) is 3.74. The molecule has 0 bridgehead atoms. The third kappa shape index (κ3) is 4.83. The molecule has 0 spiro atoms. The molecule has 1 atom stereocenters. The highest BCUT2D eigenvalue weighted by molar-refractivity contribution is 5.86. The van der Waals surface area contributed by atoms with Gasteiger partial charge in [-0.05, 0) is 30.2 Å². The second-order valence-corrected chi connectivity index (χ2v) is 7.74. The van der Waals surface area contributed by atoms with Crippen molar-refractivity contribution in [3.05, 3.63) is 94.9 Å². The molecule has 0 radical (unpaired) electrons. The van der Waals surface area contributed by atoms with Crippen LogP contribution >= 0.6 is 0 Å². The summed E-state index contributed by atoms with van der Waals surface area (Å²) in [5, 5.41) is 20.3. The zero-order valence-electron chi connectivity index (χ0n) is 18.4. The van der Waals surface area contributed by atoms with Crippen LogP contribution in [0.2, 0.25) is 0 Å². The first kappa shape index (κ1) is 22.0. The molecule has 0 aromatic heterocycles. The highest BCUT2D eigenvalue weighted by Gasteiger charge is 2.31. The minimum Gasteiger partial charge on any atom is -0.507 e. The number of hydrogen-bond acceptors (Lipinski definition) is 6. The molecule has 166 valence electrons. The van der Waals surface area contributed by atoms with Crippen LogP contribution < -0.4 is 15.2 Å². The van der Waals surface area contributed by atoms with Crippen LogP contribution in [-0.2, 0) is 0 Å². The van der Waals surface area contributed by atoms with Gasteiger partial charge in [-0.3, -0.25) is 4.99 Å². The number of ether oxygens (including phenoxy) is 2. The van der Waals surface area contributed by atoms with Gasteiger partial charge in [-0.2, -0.15) is 5.26 Å². The van der Waals surface area contributed by atoms with E-state index < -0.39 is 5.92 Å². The summed E-state index contributed by atoms with van der Waals surface area (Å²) in [5.74, 6) is 0.821. The van der Waals surface area contributed by atoms with Crippen molar-refractivity contribution in [2.45, 2.75) is 25.7 Å². The van der Waals surface area contributed by atoms with E-state index in [1.807, 2.05) is 54.6 Å². The van der Waals surface area contributed by atoms with Gasteiger partial charge in [-0.25, -0.2) is 0 Å². The monoisotopic (exact) mass is 439 g/mol. The Balaban J connectivity index is 1.68. The Labute approximate surface area is 193 Å². The molecule has 1 heterocycles. The van der Waals surface area contributed by atoms with Crippen molar-refractivity contribution in [1.82, 2.24) is 0 Å². The molecule has 0 fully saturated rings. The number of fused-ring (bicyclic) bond motifs is 1. The lowest BCUT2D eigenvalue weighted by Gasteiger charge is -2.27. The van der Waals surface area contributed by atoms with E-state index in [2.05, 4.69) is 18.0 Å². The molecule has 1 aliphatic heterocycles. The zero-order chi connectivity index (χ0) is 23.2. The van der Waals surface area contributed by atoms with Gasteiger partial charge in [0.05, 0.1) is 18.2 Å². The number of allylic oxidation sites excluding steroid dienone is 1. The van der Waals surface area contributed by atoms with E-state index in [0.29, 0.717) is 29.2 Å². The van der Waals surface area contributed by atoms with E-state index in [1.54, 1.807) is 12.3 Å². The fourth-order valence-corrected chi connectivity index (χ4v) is 3.74. The molecule has 33 heavy (non-hydrogen) atoms. The van der Waals surface area contributed by atoms with Gasteiger partial charge >= 0.3 is 0 Å². The minimum absolute atomic E-state index is 0.00729. The Morgan fingerprint density at radius 3 is 2.73 bits per heavy atom. The van der Waals surface area contributed by atoms with Crippen LogP contribution in [0.25, 0.3) is 0 Å². The van der Waals surface area contributed by atoms with Crippen molar-refractivity contribution in [2.75, 3.05) is 6.61 Å². The lowest BCUT2D eigenvalue weighted by molar-refractivity contribution is 0.309. The van der Waals surface area contributed by atoms with Gasteiger partial charge in [0.25, 0.3) is 0 Å². The predicted octanol–water partition coefficient (Wildman–Crippen LogP) is 5.54. The number of hydrogen-bond donors (Lipinski definition) is 2. The summed E-state index contributed by atoms with van der Waals surface area (Å²) in [5.41, 5.74) is 9.22. The van der Waals surface area contributed by atoms with Crippen molar-refractivity contribution in [1.29, 1.82) is 5.26 Å². The molecule has 3 N–H and O–H groups in total. The van der Waals surface area contributed by atoms with Crippen molar-refractivity contribution < 1.29 is 14.6 Å². The molecule has 4 rings (SSSR count). The summed E-state index contributed by atoms with van der Waals surface area (Å²) < 4.78 is 11.4. The van der Waals surface area contributed by atoms with E-state index >= 15 is 0 Å². The molecule has 6 nitrogen and oxygen atoms in total. The highest BCUT2D eigenvalue weighted by atomic mass is 16.5. The molecule has 0 unspecified atom stereocenters. The number of nitriles is 1. The van der Waals surface area contributed by atoms with E-state index in [9.17, 15) is 10.4 Å². The number of aromatic hydroxyl groups is 1. The molecule has 6 heteroatoms. The van der Waals surface area contributed by atoms with Crippen LogP contribution in [0.15, 0.2) is 83.2 Å². The third-order valence-corrected chi connectivity index (χ3v) is 5.43. The molecule has 0 aliphatic carbocycles. The van der Waals surface area contributed by atoms with E-state index in [0.717, 1.165) is 29.7 Å². The maximum atomic E-state index is 10.6. The number of nitrogens with zero attached hydrogens (tertiary/aromatic N) is 2. The van der Waals surface area contributed by atoms with Crippen LogP contribution in [0.1, 0.15) is 42.4 Å².